The van der Waals surface area contributed by atoms with Crippen molar-refractivity contribution < 1.29 is 23.7 Å². The first-order chi connectivity index (χ1) is 19.0. The normalized spacial score (nSPS) is 10.7. The van der Waals surface area contributed by atoms with Gasteiger partial charge in [-0.25, -0.2) is 4.79 Å². The van der Waals surface area contributed by atoms with E-state index in [1.54, 1.807) is 7.11 Å². The Balaban J connectivity index is 1.69. The van der Waals surface area contributed by atoms with Crippen LogP contribution >= 0.6 is 0 Å². The molecule has 0 unspecified atom stereocenters. The van der Waals surface area contributed by atoms with E-state index in [4.69, 9.17) is 24.7 Å². The zero-order valence-electron chi connectivity index (χ0n) is 23.2. The maximum absolute atomic E-state index is 11.6. The first kappa shape index (κ1) is 29.9. The molecule has 39 heavy (non-hydrogen) atoms. The molecule has 0 radical (unpaired) electrons. The van der Waals surface area contributed by atoms with Crippen LogP contribution in [0.1, 0.15) is 38.2 Å². The largest absolute Gasteiger partial charge is 0.491 e. The zero-order chi connectivity index (χ0) is 27.9. The first-order valence-electron chi connectivity index (χ1n) is 13.7. The number of hydrogen-bond acceptors (Lipinski definition) is 6. The topological polar surface area (TPSA) is 80.0 Å². The smallest absolute Gasteiger partial charge is 0.334 e. The summed E-state index contributed by atoms with van der Waals surface area (Å²) in [6.45, 7) is 7.40. The number of esters is 1. The summed E-state index contributed by atoms with van der Waals surface area (Å²) in [5.41, 5.74) is 11.7. The molecule has 0 aliphatic carbocycles. The van der Waals surface area contributed by atoms with E-state index in [0.29, 0.717) is 13.2 Å². The molecule has 0 bridgehead atoms. The van der Waals surface area contributed by atoms with Crippen LogP contribution in [0.5, 0.6) is 11.5 Å². The van der Waals surface area contributed by atoms with Crippen molar-refractivity contribution in [3.8, 4) is 33.8 Å². The highest BCUT2D eigenvalue weighted by Crippen LogP contribution is 2.32. The van der Waals surface area contributed by atoms with Crippen LogP contribution < -0.4 is 15.2 Å². The summed E-state index contributed by atoms with van der Waals surface area (Å²) >= 11 is 0. The average molecular weight is 532 g/mol. The Hall–Kier alpha value is -3.61. The zero-order valence-corrected chi connectivity index (χ0v) is 23.2. The number of nitrogens with two attached hydrogens (primary N) is 1. The van der Waals surface area contributed by atoms with E-state index in [2.05, 4.69) is 56.0 Å². The van der Waals surface area contributed by atoms with Gasteiger partial charge in [-0.3, -0.25) is 0 Å². The van der Waals surface area contributed by atoms with Crippen LogP contribution in [0.25, 0.3) is 22.3 Å². The highest BCUT2D eigenvalue weighted by atomic mass is 16.6. The molecule has 6 heteroatoms. The Labute approximate surface area is 232 Å². The number of hydrogen-bond donors (Lipinski definition) is 1. The van der Waals surface area contributed by atoms with Crippen molar-refractivity contribution in [2.75, 3.05) is 40.1 Å². The van der Waals surface area contributed by atoms with Gasteiger partial charge in [0.05, 0.1) is 6.61 Å². The Bertz CT molecular complexity index is 1170. The number of carbonyl (C=O) groups is 1. The molecular weight excluding hydrogens is 490 g/mol. The van der Waals surface area contributed by atoms with Gasteiger partial charge < -0.3 is 24.7 Å². The Morgan fingerprint density at radius 1 is 0.769 bits per heavy atom. The summed E-state index contributed by atoms with van der Waals surface area (Å²) in [5, 5.41) is 0. The summed E-state index contributed by atoms with van der Waals surface area (Å²) in [6.07, 6.45) is 5.90. The monoisotopic (exact) mass is 531 g/mol. The third-order valence-electron chi connectivity index (χ3n) is 6.43. The molecule has 0 aliphatic heterocycles. The van der Waals surface area contributed by atoms with Crippen molar-refractivity contribution in [1.82, 2.24) is 0 Å². The molecule has 0 heterocycles. The summed E-state index contributed by atoms with van der Waals surface area (Å²) < 4.78 is 21.6. The highest BCUT2D eigenvalue weighted by Gasteiger charge is 2.10. The van der Waals surface area contributed by atoms with Gasteiger partial charge in [0.2, 0.25) is 0 Å². The van der Waals surface area contributed by atoms with E-state index in [-0.39, 0.29) is 25.3 Å². The minimum Gasteiger partial charge on any atom is -0.491 e. The van der Waals surface area contributed by atoms with Crippen LogP contribution in [0, 0.1) is 0 Å². The maximum atomic E-state index is 11.6. The lowest BCUT2D eigenvalue weighted by atomic mass is 9.92. The summed E-state index contributed by atoms with van der Waals surface area (Å²) in [4.78, 5) is 11.6. The average Bonchev–Trinajstić information content (AvgIpc) is 2.98. The predicted octanol–water partition coefficient (Wildman–Crippen LogP) is 6.61. The molecule has 0 amide bonds. The number of unbranched alkanes of at least 4 members (excludes halogenated alkanes) is 3. The van der Waals surface area contributed by atoms with Gasteiger partial charge in [-0.15, -0.1) is 0 Å². The number of methoxy groups -OCH3 is 1. The number of aryl methyl sites for hydroxylation is 1. The number of carbonyl (C=O) groups excluding carboxylic acids is 1. The van der Waals surface area contributed by atoms with Crippen LogP contribution in [0.3, 0.4) is 0 Å². The van der Waals surface area contributed by atoms with Crippen molar-refractivity contribution >= 4 is 5.97 Å². The fourth-order valence-electron chi connectivity index (χ4n) is 4.20. The second kappa shape index (κ2) is 16.4. The third-order valence-corrected chi connectivity index (χ3v) is 6.43. The fraction of sp³-hybridized carbons (Fsp3) is 0.364. The summed E-state index contributed by atoms with van der Waals surface area (Å²) in [6, 6.07) is 23.0. The number of ether oxygens (including phenoxy) is 4. The number of benzene rings is 3. The van der Waals surface area contributed by atoms with Crippen LogP contribution in [0.4, 0.5) is 0 Å². The van der Waals surface area contributed by atoms with E-state index < -0.39 is 5.97 Å². The van der Waals surface area contributed by atoms with Gasteiger partial charge in [0, 0.05) is 19.2 Å². The molecule has 0 spiro atoms. The molecule has 0 saturated carbocycles. The van der Waals surface area contributed by atoms with Gasteiger partial charge in [-0.05, 0) is 64.9 Å². The first-order valence-corrected chi connectivity index (χ1v) is 13.7. The third kappa shape index (κ3) is 9.57. The quantitative estimate of drug-likeness (QED) is 0.120. The van der Waals surface area contributed by atoms with Crippen LogP contribution in [0.15, 0.2) is 78.9 Å². The summed E-state index contributed by atoms with van der Waals surface area (Å²) in [5.74, 6) is 1.08. The van der Waals surface area contributed by atoms with Crippen LogP contribution in [-0.4, -0.2) is 46.1 Å². The van der Waals surface area contributed by atoms with Crippen LogP contribution in [0.2, 0.25) is 0 Å². The van der Waals surface area contributed by atoms with Crippen molar-refractivity contribution in [3.63, 3.8) is 0 Å². The van der Waals surface area contributed by atoms with Gasteiger partial charge >= 0.3 is 5.97 Å². The fourth-order valence-corrected chi connectivity index (χ4v) is 4.20. The Morgan fingerprint density at radius 2 is 1.38 bits per heavy atom. The lowest BCUT2D eigenvalue weighted by molar-refractivity contribution is -0.139. The van der Waals surface area contributed by atoms with E-state index in [1.165, 1.54) is 47.9 Å². The molecule has 6 nitrogen and oxygen atoms in total. The standard InChI is InChI=1S/C33H41NO5/c1-4-5-6-7-8-29-23-28(13-18-32(29)27-11-16-31(17-12-27)37-20-19-36-3)26-9-14-30(15-10-26)38-21-22-39-33(35)25(2)24-34/h9-18,23H,2,4-8,19-22,24,34H2,1,3H3. The second-order valence-corrected chi connectivity index (χ2v) is 9.36. The Kier molecular flexibility index (Phi) is 12.6. The summed E-state index contributed by atoms with van der Waals surface area (Å²) in [7, 11) is 1.67. The van der Waals surface area contributed by atoms with Crippen molar-refractivity contribution in [2.24, 2.45) is 5.73 Å². The molecular formula is C33H41NO5. The van der Waals surface area contributed by atoms with Crippen molar-refractivity contribution in [1.29, 1.82) is 0 Å². The molecule has 0 atom stereocenters. The molecule has 208 valence electrons. The molecule has 3 aromatic carbocycles. The molecule has 3 rings (SSSR count). The highest BCUT2D eigenvalue weighted by molar-refractivity contribution is 5.88. The van der Waals surface area contributed by atoms with Crippen molar-refractivity contribution in [3.05, 3.63) is 84.4 Å². The lowest BCUT2D eigenvalue weighted by Gasteiger charge is -2.14. The van der Waals surface area contributed by atoms with E-state index in [0.717, 1.165) is 23.5 Å². The molecule has 0 aliphatic rings. The number of rotatable bonds is 17. The van der Waals surface area contributed by atoms with Crippen LogP contribution in [-0.2, 0) is 20.7 Å². The van der Waals surface area contributed by atoms with Gasteiger partial charge in [0.15, 0.2) is 0 Å². The minimum absolute atomic E-state index is 0.0825. The van der Waals surface area contributed by atoms with E-state index in [9.17, 15) is 4.79 Å². The van der Waals surface area contributed by atoms with Gasteiger partial charge in [0.25, 0.3) is 0 Å². The van der Waals surface area contributed by atoms with Crippen molar-refractivity contribution in [2.45, 2.75) is 39.0 Å². The minimum atomic E-state index is -0.489. The van der Waals surface area contributed by atoms with Gasteiger partial charge in [-0.1, -0.05) is 75.2 Å². The predicted molar refractivity (Wildman–Crippen MR) is 157 cm³/mol. The second-order valence-electron chi connectivity index (χ2n) is 9.36. The molecule has 3 aromatic rings. The molecule has 2 N–H and O–H groups in total. The van der Waals surface area contributed by atoms with E-state index in [1.807, 2.05) is 24.3 Å². The molecule has 0 aromatic heterocycles. The molecule has 0 saturated heterocycles. The SMILES string of the molecule is C=C(CN)C(=O)OCCOc1ccc(-c2ccc(-c3ccc(OCCOC)cc3)c(CCCCCC)c2)cc1. The van der Waals surface area contributed by atoms with Gasteiger partial charge in [-0.2, -0.15) is 0 Å². The maximum Gasteiger partial charge on any atom is 0.334 e. The lowest BCUT2D eigenvalue weighted by Crippen LogP contribution is -2.17. The molecule has 0 fully saturated rings. The Morgan fingerprint density at radius 3 is 2.00 bits per heavy atom. The van der Waals surface area contributed by atoms with E-state index >= 15 is 0 Å². The van der Waals surface area contributed by atoms with Gasteiger partial charge in [0.1, 0.15) is 31.3 Å².